The number of aromatic carboxylic acids is 1. The molecule has 0 bridgehead atoms. The van der Waals surface area contributed by atoms with Gasteiger partial charge < -0.3 is 15.6 Å². The molecule has 0 aliphatic carbocycles. The minimum Gasteiger partial charge on any atom is -0.490 e. The normalized spacial score (nSPS) is 15.8. The summed E-state index contributed by atoms with van der Waals surface area (Å²) in [6.45, 7) is 7.58. The van der Waals surface area contributed by atoms with E-state index in [0.29, 0.717) is 16.8 Å². The highest BCUT2D eigenvalue weighted by Gasteiger charge is 2.21. The Morgan fingerprint density at radius 2 is 2.04 bits per heavy atom. The molecule has 0 saturated carbocycles. The SMILES string of the molecule is Cc1nc2sc(C(=O)O)c(N)c2c(C)c1OCCN1CCCCC1. The Hall–Kier alpha value is -1.86. The second-order valence-corrected chi connectivity index (χ2v) is 7.23. The Morgan fingerprint density at radius 1 is 1.33 bits per heavy atom. The van der Waals surface area contributed by atoms with Crippen LogP contribution in [0.15, 0.2) is 0 Å². The quantitative estimate of drug-likeness (QED) is 0.862. The molecule has 0 aromatic carbocycles. The summed E-state index contributed by atoms with van der Waals surface area (Å²) in [5, 5.41) is 9.95. The predicted octanol–water partition coefficient (Wildman–Crippen LogP) is 3.06. The Bertz CT molecular complexity index is 766. The van der Waals surface area contributed by atoms with Gasteiger partial charge >= 0.3 is 5.97 Å². The van der Waals surface area contributed by atoms with Gasteiger partial charge in [0.05, 0.1) is 11.4 Å². The van der Waals surface area contributed by atoms with E-state index in [-0.39, 0.29) is 10.6 Å². The number of thiophene rings is 1. The van der Waals surface area contributed by atoms with E-state index in [9.17, 15) is 9.90 Å². The van der Waals surface area contributed by atoms with Gasteiger partial charge in [-0.1, -0.05) is 6.42 Å². The van der Waals surface area contributed by atoms with Crippen molar-refractivity contribution in [1.29, 1.82) is 0 Å². The van der Waals surface area contributed by atoms with E-state index in [1.54, 1.807) is 0 Å². The summed E-state index contributed by atoms with van der Waals surface area (Å²) in [5.41, 5.74) is 7.96. The van der Waals surface area contributed by atoms with Crippen LogP contribution in [0.1, 0.15) is 40.2 Å². The average molecular weight is 349 g/mol. The van der Waals surface area contributed by atoms with E-state index in [0.717, 1.165) is 48.0 Å². The molecule has 6 nitrogen and oxygen atoms in total. The number of aryl methyl sites for hydroxylation is 2. The number of hydrogen-bond acceptors (Lipinski definition) is 6. The van der Waals surface area contributed by atoms with Crippen LogP contribution in [0.4, 0.5) is 5.69 Å². The number of rotatable bonds is 5. The molecule has 0 amide bonds. The van der Waals surface area contributed by atoms with Gasteiger partial charge in [-0.2, -0.15) is 0 Å². The van der Waals surface area contributed by atoms with Crippen molar-refractivity contribution in [3.63, 3.8) is 0 Å². The minimum absolute atomic E-state index is 0.144. The van der Waals surface area contributed by atoms with Gasteiger partial charge in [0.15, 0.2) is 0 Å². The number of fused-ring (bicyclic) bond motifs is 1. The summed E-state index contributed by atoms with van der Waals surface area (Å²) in [5.74, 6) is -0.291. The third-order valence-electron chi connectivity index (χ3n) is 4.54. The third-order valence-corrected chi connectivity index (χ3v) is 5.62. The molecule has 0 radical (unpaired) electrons. The van der Waals surface area contributed by atoms with Gasteiger partial charge in [-0.15, -0.1) is 11.3 Å². The lowest BCUT2D eigenvalue weighted by Crippen LogP contribution is -2.33. The number of carboxylic acids is 1. The first kappa shape index (κ1) is 17.0. The van der Waals surface area contributed by atoms with Gasteiger partial charge in [0.2, 0.25) is 0 Å². The number of carbonyl (C=O) groups is 1. The van der Waals surface area contributed by atoms with Crippen LogP contribution in [0, 0.1) is 13.8 Å². The summed E-state index contributed by atoms with van der Waals surface area (Å²) < 4.78 is 6.00. The molecule has 0 unspecified atom stereocenters. The summed E-state index contributed by atoms with van der Waals surface area (Å²) in [7, 11) is 0. The number of hydrogen-bond donors (Lipinski definition) is 2. The van der Waals surface area contributed by atoms with E-state index in [4.69, 9.17) is 10.5 Å². The summed E-state index contributed by atoms with van der Waals surface area (Å²) in [6.07, 6.45) is 3.84. The molecular formula is C17H23N3O3S. The third kappa shape index (κ3) is 3.18. The van der Waals surface area contributed by atoms with E-state index >= 15 is 0 Å². The van der Waals surface area contributed by atoms with Crippen LogP contribution in [0.2, 0.25) is 0 Å². The number of anilines is 1. The van der Waals surface area contributed by atoms with Crippen molar-refractivity contribution in [3.05, 3.63) is 16.1 Å². The van der Waals surface area contributed by atoms with Crippen molar-refractivity contribution in [2.75, 3.05) is 32.0 Å². The van der Waals surface area contributed by atoms with Crippen molar-refractivity contribution < 1.29 is 14.6 Å². The van der Waals surface area contributed by atoms with Crippen molar-refractivity contribution in [1.82, 2.24) is 9.88 Å². The second-order valence-electron chi connectivity index (χ2n) is 6.23. The summed E-state index contributed by atoms with van der Waals surface area (Å²) in [4.78, 5) is 19.0. The lowest BCUT2D eigenvalue weighted by Gasteiger charge is -2.26. The zero-order valence-corrected chi connectivity index (χ0v) is 14.9. The van der Waals surface area contributed by atoms with Crippen LogP contribution < -0.4 is 10.5 Å². The first-order chi connectivity index (χ1) is 11.5. The Balaban J connectivity index is 1.82. The van der Waals surface area contributed by atoms with Crippen molar-refractivity contribution in [2.24, 2.45) is 0 Å². The maximum atomic E-state index is 11.3. The molecule has 3 rings (SSSR count). The van der Waals surface area contributed by atoms with Crippen molar-refractivity contribution in [2.45, 2.75) is 33.1 Å². The molecule has 1 fully saturated rings. The molecule has 0 spiro atoms. The fourth-order valence-electron chi connectivity index (χ4n) is 3.29. The first-order valence-corrected chi connectivity index (χ1v) is 9.08. The Labute approximate surface area is 145 Å². The number of carboxylic acid groups (broad SMARTS) is 1. The highest BCUT2D eigenvalue weighted by molar-refractivity contribution is 7.21. The smallest absolute Gasteiger partial charge is 0.348 e. The van der Waals surface area contributed by atoms with Crippen LogP contribution >= 0.6 is 11.3 Å². The topological polar surface area (TPSA) is 88.7 Å². The molecule has 2 aromatic heterocycles. The number of nitrogens with two attached hydrogens (primary N) is 1. The maximum Gasteiger partial charge on any atom is 0.348 e. The number of nitrogen functional groups attached to an aromatic ring is 1. The number of ether oxygens (including phenoxy) is 1. The molecule has 7 heteroatoms. The van der Waals surface area contributed by atoms with Crippen LogP contribution in [0.5, 0.6) is 5.75 Å². The monoisotopic (exact) mass is 349 g/mol. The average Bonchev–Trinajstić information content (AvgIpc) is 2.88. The van der Waals surface area contributed by atoms with Crippen molar-refractivity contribution in [3.8, 4) is 5.75 Å². The van der Waals surface area contributed by atoms with Gasteiger partial charge in [0, 0.05) is 17.5 Å². The number of aromatic nitrogens is 1. The van der Waals surface area contributed by atoms with Gasteiger partial charge in [-0.05, 0) is 39.8 Å². The number of likely N-dealkylation sites (tertiary alicyclic amines) is 1. The Kier molecular flexibility index (Phi) is 4.91. The van der Waals surface area contributed by atoms with Crippen molar-refractivity contribution >= 4 is 33.2 Å². The molecule has 2 aromatic rings. The predicted molar refractivity (Wildman–Crippen MR) is 96.3 cm³/mol. The molecule has 1 aliphatic rings. The fourth-order valence-corrected chi connectivity index (χ4v) is 4.33. The fraction of sp³-hybridized carbons (Fsp3) is 0.529. The van der Waals surface area contributed by atoms with E-state index < -0.39 is 5.97 Å². The minimum atomic E-state index is -1.01. The highest BCUT2D eigenvalue weighted by Crippen LogP contribution is 2.39. The van der Waals surface area contributed by atoms with Gasteiger partial charge in [0.25, 0.3) is 0 Å². The molecule has 24 heavy (non-hydrogen) atoms. The molecule has 3 heterocycles. The molecule has 3 N–H and O–H groups in total. The maximum absolute atomic E-state index is 11.3. The van der Waals surface area contributed by atoms with E-state index in [2.05, 4.69) is 9.88 Å². The zero-order valence-electron chi connectivity index (χ0n) is 14.1. The van der Waals surface area contributed by atoms with Crippen LogP contribution in [-0.2, 0) is 0 Å². The van der Waals surface area contributed by atoms with E-state index in [1.165, 1.54) is 19.3 Å². The number of piperidine rings is 1. The van der Waals surface area contributed by atoms with E-state index in [1.807, 2.05) is 13.8 Å². The molecule has 130 valence electrons. The van der Waals surface area contributed by atoms with Crippen LogP contribution in [0.3, 0.4) is 0 Å². The van der Waals surface area contributed by atoms with Crippen LogP contribution in [-0.4, -0.2) is 47.2 Å². The molecule has 1 aliphatic heterocycles. The largest absolute Gasteiger partial charge is 0.490 e. The van der Waals surface area contributed by atoms with Gasteiger partial charge in [-0.25, -0.2) is 9.78 Å². The lowest BCUT2D eigenvalue weighted by molar-refractivity contribution is 0.0703. The Morgan fingerprint density at radius 3 is 2.71 bits per heavy atom. The number of pyridine rings is 1. The lowest BCUT2D eigenvalue weighted by atomic mass is 10.1. The highest BCUT2D eigenvalue weighted by atomic mass is 32.1. The van der Waals surface area contributed by atoms with Gasteiger partial charge in [-0.3, -0.25) is 4.90 Å². The first-order valence-electron chi connectivity index (χ1n) is 8.26. The molecule has 0 atom stereocenters. The standard InChI is InChI=1S/C17H23N3O3S/c1-10-12-13(18)15(17(21)22)24-16(12)19-11(2)14(10)23-9-8-20-6-4-3-5-7-20/h3-9,18H2,1-2H3,(H,21,22). The zero-order chi connectivity index (χ0) is 17.3. The second kappa shape index (κ2) is 6.94. The number of nitrogens with zero attached hydrogens (tertiary/aromatic N) is 2. The van der Waals surface area contributed by atoms with Crippen LogP contribution in [0.25, 0.3) is 10.2 Å². The molecular weight excluding hydrogens is 326 g/mol. The summed E-state index contributed by atoms with van der Waals surface area (Å²) in [6, 6.07) is 0. The summed E-state index contributed by atoms with van der Waals surface area (Å²) >= 11 is 1.12. The molecule has 1 saturated heterocycles. The van der Waals surface area contributed by atoms with Gasteiger partial charge in [0.1, 0.15) is 22.1 Å².